The standard InChI is InChI=1S/C21H34O3/c1-18(2)14-10-8-6-4-3-5-7-9-13-17-24-20-16-12-11-15-19(20)21(22)23/h11-12,15-16,18H,3-10,13-14,17H2,1-2H3,(H,22,23). The third kappa shape index (κ3) is 9.59. The minimum absolute atomic E-state index is 0.245. The van der Waals surface area contributed by atoms with Gasteiger partial charge >= 0.3 is 5.97 Å². The molecule has 0 atom stereocenters. The number of ether oxygens (including phenoxy) is 1. The molecule has 0 bridgehead atoms. The molecule has 0 heterocycles. The van der Waals surface area contributed by atoms with Crippen LogP contribution in [-0.4, -0.2) is 17.7 Å². The van der Waals surface area contributed by atoms with E-state index in [-0.39, 0.29) is 5.56 Å². The molecule has 3 nitrogen and oxygen atoms in total. The van der Waals surface area contributed by atoms with Crippen molar-refractivity contribution in [1.82, 2.24) is 0 Å². The van der Waals surface area contributed by atoms with Crippen LogP contribution < -0.4 is 4.74 Å². The Morgan fingerprint density at radius 1 is 0.917 bits per heavy atom. The van der Waals surface area contributed by atoms with Crippen molar-refractivity contribution in [3.8, 4) is 5.75 Å². The van der Waals surface area contributed by atoms with Gasteiger partial charge in [0, 0.05) is 0 Å². The van der Waals surface area contributed by atoms with Gasteiger partial charge in [0.2, 0.25) is 0 Å². The van der Waals surface area contributed by atoms with Crippen molar-refractivity contribution >= 4 is 5.97 Å². The molecule has 0 radical (unpaired) electrons. The summed E-state index contributed by atoms with van der Waals surface area (Å²) in [4.78, 5) is 11.1. The zero-order valence-electron chi connectivity index (χ0n) is 15.4. The number of carboxylic acid groups (broad SMARTS) is 1. The third-order valence-electron chi connectivity index (χ3n) is 4.30. The maximum Gasteiger partial charge on any atom is 0.339 e. The zero-order valence-corrected chi connectivity index (χ0v) is 15.4. The number of carboxylic acids is 1. The maximum absolute atomic E-state index is 11.1. The van der Waals surface area contributed by atoms with Crippen LogP contribution >= 0.6 is 0 Å². The smallest absolute Gasteiger partial charge is 0.339 e. The van der Waals surface area contributed by atoms with Crippen LogP contribution in [0.4, 0.5) is 0 Å². The molecule has 1 aromatic carbocycles. The van der Waals surface area contributed by atoms with Crippen molar-refractivity contribution in [1.29, 1.82) is 0 Å². The molecule has 0 saturated carbocycles. The van der Waals surface area contributed by atoms with Gasteiger partial charge in [-0.2, -0.15) is 0 Å². The van der Waals surface area contributed by atoms with Crippen molar-refractivity contribution in [3.05, 3.63) is 29.8 Å². The Labute approximate surface area is 147 Å². The van der Waals surface area contributed by atoms with Crippen LogP contribution in [0.5, 0.6) is 5.75 Å². The van der Waals surface area contributed by atoms with Crippen molar-refractivity contribution in [3.63, 3.8) is 0 Å². The van der Waals surface area contributed by atoms with Crippen LogP contribution in [-0.2, 0) is 0 Å². The molecule has 0 aromatic heterocycles. The normalized spacial score (nSPS) is 11.0. The van der Waals surface area contributed by atoms with E-state index in [2.05, 4.69) is 13.8 Å². The Balaban J connectivity index is 1.95. The first-order valence-electron chi connectivity index (χ1n) is 9.56. The highest BCUT2D eigenvalue weighted by molar-refractivity contribution is 5.90. The van der Waals surface area contributed by atoms with Crippen LogP contribution in [0, 0.1) is 5.92 Å². The molecule has 0 amide bonds. The van der Waals surface area contributed by atoms with Crippen LogP contribution in [0.2, 0.25) is 0 Å². The van der Waals surface area contributed by atoms with Gasteiger partial charge in [0.15, 0.2) is 0 Å². The quantitative estimate of drug-likeness (QED) is 0.405. The molecule has 3 heteroatoms. The first-order chi connectivity index (χ1) is 11.6. The minimum atomic E-state index is -0.931. The molecule has 136 valence electrons. The van der Waals surface area contributed by atoms with E-state index in [1.165, 1.54) is 51.4 Å². The summed E-state index contributed by atoms with van der Waals surface area (Å²) in [7, 11) is 0. The van der Waals surface area contributed by atoms with Crippen molar-refractivity contribution in [2.75, 3.05) is 6.61 Å². The largest absolute Gasteiger partial charge is 0.493 e. The van der Waals surface area contributed by atoms with E-state index in [9.17, 15) is 4.79 Å². The van der Waals surface area contributed by atoms with E-state index < -0.39 is 5.97 Å². The molecule has 0 spiro atoms. The summed E-state index contributed by atoms with van der Waals surface area (Å²) >= 11 is 0. The molecule has 1 N–H and O–H groups in total. The first-order valence-corrected chi connectivity index (χ1v) is 9.56. The van der Waals surface area contributed by atoms with Gasteiger partial charge in [-0.3, -0.25) is 0 Å². The summed E-state index contributed by atoms with van der Waals surface area (Å²) in [6, 6.07) is 6.84. The first kappa shape index (κ1) is 20.5. The number of unbranched alkanes of at least 4 members (excludes halogenated alkanes) is 8. The van der Waals surface area contributed by atoms with Crippen molar-refractivity contribution < 1.29 is 14.6 Å². The summed E-state index contributed by atoms with van der Waals surface area (Å²) in [6.45, 7) is 5.19. The second-order valence-corrected chi connectivity index (χ2v) is 7.01. The predicted molar refractivity (Wildman–Crippen MR) is 99.9 cm³/mol. The average molecular weight is 334 g/mol. The number of aromatic carboxylic acids is 1. The zero-order chi connectivity index (χ0) is 17.6. The maximum atomic E-state index is 11.1. The summed E-state index contributed by atoms with van der Waals surface area (Å²) in [6.07, 6.45) is 12.9. The fraction of sp³-hybridized carbons (Fsp3) is 0.667. The van der Waals surface area contributed by atoms with Crippen LogP contribution in [0.3, 0.4) is 0 Å². The molecule has 1 aromatic rings. The number of benzene rings is 1. The average Bonchev–Trinajstić information content (AvgIpc) is 2.55. The van der Waals surface area contributed by atoms with Crippen LogP contribution in [0.1, 0.15) is 88.4 Å². The second-order valence-electron chi connectivity index (χ2n) is 7.01. The predicted octanol–water partition coefficient (Wildman–Crippen LogP) is 6.32. The van der Waals surface area contributed by atoms with Gasteiger partial charge < -0.3 is 9.84 Å². The lowest BCUT2D eigenvalue weighted by molar-refractivity contribution is 0.0692. The summed E-state index contributed by atoms with van der Waals surface area (Å²) in [5.41, 5.74) is 0.245. The number of para-hydroxylation sites is 1. The molecule has 0 fully saturated rings. The van der Waals surface area contributed by atoms with Crippen LogP contribution in [0.25, 0.3) is 0 Å². The Morgan fingerprint density at radius 2 is 1.46 bits per heavy atom. The van der Waals surface area contributed by atoms with Gasteiger partial charge in [0.1, 0.15) is 11.3 Å². The molecule has 0 aliphatic carbocycles. The number of carbonyl (C=O) groups is 1. The highest BCUT2D eigenvalue weighted by Crippen LogP contribution is 2.18. The molecular weight excluding hydrogens is 300 g/mol. The van der Waals surface area contributed by atoms with E-state index in [1.807, 2.05) is 6.07 Å². The van der Waals surface area contributed by atoms with E-state index in [0.717, 1.165) is 18.8 Å². The Kier molecular flexibility index (Phi) is 11.0. The van der Waals surface area contributed by atoms with Crippen LogP contribution in [0.15, 0.2) is 24.3 Å². The molecule has 0 unspecified atom stereocenters. The lowest BCUT2D eigenvalue weighted by Crippen LogP contribution is -2.04. The van der Waals surface area contributed by atoms with Gasteiger partial charge in [-0.25, -0.2) is 4.79 Å². The van der Waals surface area contributed by atoms with E-state index in [4.69, 9.17) is 9.84 Å². The molecule has 1 rings (SSSR count). The Morgan fingerprint density at radius 3 is 2.04 bits per heavy atom. The van der Waals surface area contributed by atoms with Gasteiger partial charge in [0.25, 0.3) is 0 Å². The summed E-state index contributed by atoms with van der Waals surface area (Å²) < 4.78 is 5.61. The Bertz CT molecular complexity index is 454. The SMILES string of the molecule is CC(C)CCCCCCCCCCCOc1ccccc1C(=O)O. The number of rotatable bonds is 14. The monoisotopic (exact) mass is 334 g/mol. The molecule has 0 aliphatic heterocycles. The van der Waals surface area contributed by atoms with Crippen molar-refractivity contribution in [2.45, 2.75) is 78.1 Å². The van der Waals surface area contributed by atoms with Gasteiger partial charge in [-0.15, -0.1) is 0 Å². The van der Waals surface area contributed by atoms with E-state index >= 15 is 0 Å². The molecule has 0 aliphatic rings. The van der Waals surface area contributed by atoms with Gasteiger partial charge in [0.05, 0.1) is 6.61 Å². The molecule has 24 heavy (non-hydrogen) atoms. The third-order valence-corrected chi connectivity index (χ3v) is 4.30. The highest BCUT2D eigenvalue weighted by Gasteiger charge is 2.09. The van der Waals surface area contributed by atoms with E-state index in [1.54, 1.807) is 18.2 Å². The highest BCUT2D eigenvalue weighted by atomic mass is 16.5. The number of hydrogen-bond donors (Lipinski definition) is 1. The molecule has 0 saturated heterocycles. The minimum Gasteiger partial charge on any atom is -0.493 e. The summed E-state index contributed by atoms with van der Waals surface area (Å²) in [5, 5.41) is 9.09. The van der Waals surface area contributed by atoms with Gasteiger partial charge in [-0.1, -0.05) is 83.8 Å². The molecular formula is C21H34O3. The van der Waals surface area contributed by atoms with E-state index in [0.29, 0.717) is 12.4 Å². The van der Waals surface area contributed by atoms with Gasteiger partial charge in [-0.05, 0) is 24.5 Å². The topological polar surface area (TPSA) is 46.5 Å². The summed E-state index contributed by atoms with van der Waals surface area (Å²) in [5.74, 6) is 0.389. The fourth-order valence-electron chi connectivity index (χ4n) is 2.84. The lowest BCUT2D eigenvalue weighted by Gasteiger charge is -2.08. The lowest BCUT2D eigenvalue weighted by atomic mass is 10.0. The fourth-order valence-corrected chi connectivity index (χ4v) is 2.84. The second kappa shape index (κ2) is 12.9. The van der Waals surface area contributed by atoms with Crippen molar-refractivity contribution in [2.24, 2.45) is 5.92 Å². The Hall–Kier alpha value is -1.51. The number of hydrogen-bond acceptors (Lipinski definition) is 2.